The van der Waals surface area contributed by atoms with Crippen LogP contribution in [0.3, 0.4) is 0 Å². The van der Waals surface area contributed by atoms with E-state index in [0.717, 1.165) is 51.9 Å². The van der Waals surface area contributed by atoms with Gasteiger partial charge in [0.1, 0.15) is 0 Å². The Kier molecular flexibility index (Phi) is 7.37. The van der Waals surface area contributed by atoms with Gasteiger partial charge in [-0.1, -0.05) is 12.1 Å². The molecule has 7 heteroatoms. The average molecular weight is 547 g/mol. The molecule has 0 unspecified atom stereocenters. The van der Waals surface area contributed by atoms with Crippen LogP contribution in [0.5, 0.6) is 23.0 Å². The lowest BCUT2D eigenvalue weighted by Gasteiger charge is -2.22. The van der Waals surface area contributed by atoms with Crippen LogP contribution in [0.1, 0.15) is 22.3 Å². The first kappa shape index (κ1) is 25.3. The minimum absolute atomic E-state index is 0. The molecule has 0 spiro atoms. The van der Waals surface area contributed by atoms with Crippen LogP contribution in [0, 0.1) is 11.3 Å². The first-order chi connectivity index (χ1) is 17.1. The van der Waals surface area contributed by atoms with E-state index in [1.54, 1.807) is 28.4 Å². The molecule has 1 aliphatic rings. The SMILES string of the molecule is COc1cc2c(cc1OC)-c1c(Cc3cccc(C#N)c3)c3ccc(OC)c(OC)c3c[n+]1CC2.[Br-]. The summed E-state index contributed by atoms with van der Waals surface area (Å²) in [4.78, 5) is 0. The van der Waals surface area contributed by atoms with Crippen molar-refractivity contribution in [3.05, 3.63) is 77.0 Å². The Morgan fingerprint density at radius 1 is 0.861 bits per heavy atom. The zero-order valence-electron chi connectivity index (χ0n) is 20.7. The van der Waals surface area contributed by atoms with Gasteiger partial charge < -0.3 is 35.9 Å². The van der Waals surface area contributed by atoms with Gasteiger partial charge in [0.15, 0.2) is 35.7 Å². The van der Waals surface area contributed by atoms with Gasteiger partial charge >= 0.3 is 0 Å². The Balaban J connectivity index is 0.00000304. The summed E-state index contributed by atoms with van der Waals surface area (Å²) in [5, 5.41) is 11.5. The Hall–Kier alpha value is -3.76. The van der Waals surface area contributed by atoms with Gasteiger partial charge in [-0.2, -0.15) is 9.83 Å². The van der Waals surface area contributed by atoms with Crippen molar-refractivity contribution in [3.63, 3.8) is 0 Å². The molecule has 2 heterocycles. The number of methoxy groups -OCH3 is 4. The molecule has 36 heavy (non-hydrogen) atoms. The summed E-state index contributed by atoms with van der Waals surface area (Å²) in [5.41, 5.74) is 6.35. The summed E-state index contributed by atoms with van der Waals surface area (Å²) >= 11 is 0. The number of nitriles is 1. The lowest BCUT2D eigenvalue weighted by molar-refractivity contribution is -0.686. The number of aromatic nitrogens is 1. The third kappa shape index (κ3) is 4.22. The molecular formula is C29H27BrN2O4. The molecule has 6 nitrogen and oxygen atoms in total. The van der Waals surface area contributed by atoms with Crippen LogP contribution in [0.2, 0.25) is 0 Å². The van der Waals surface area contributed by atoms with Gasteiger partial charge in [-0.15, -0.1) is 0 Å². The van der Waals surface area contributed by atoms with Gasteiger partial charge in [0.05, 0.1) is 51.0 Å². The van der Waals surface area contributed by atoms with E-state index < -0.39 is 0 Å². The largest absolute Gasteiger partial charge is 1.00 e. The molecule has 0 bridgehead atoms. The standard InChI is InChI=1S/C29H27N2O4.BrH/c1-32-25-9-8-21-23(13-18-6-5-7-19(12-18)16-30)28-22-15-27(34-3)26(33-2)14-20(22)10-11-31(28)17-24(21)29(25)35-4;/h5-9,12,14-15,17H,10-11,13H2,1-4H3;1H/q+1;/p-1. The predicted molar refractivity (Wildman–Crippen MR) is 133 cm³/mol. The van der Waals surface area contributed by atoms with E-state index in [9.17, 15) is 5.26 Å². The van der Waals surface area contributed by atoms with Crippen LogP contribution in [0.25, 0.3) is 22.0 Å². The smallest absolute Gasteiger partial charge is 0.217 e. The number of fused-ring (bicyclic) bond motifs is 4. The van der Waals surface area contributed by atoms with Crippen LogP contribution in [0.4, 0.5) is 0 Å². The lowest BCUT2D eigenvalue weighted by Crippen LogP contribution is -3.00. The van der Waals surface area contributed by atoms with Crippen molar-refractivity contribution in [2.24, 2.45) is 0 Å². The van der Waals surface area contributed by atoms with Gasteiger partial charge in [0, 0.05) is 23.8 Å². The Morgan fingerprint density at radius 2 is 1.61 bits per heavy atom. The molecule has 0 saturated carbocycles. The van der Waals surface area contributed by atoms with E-state index in [2.05, 4.69) is 41.1 Å². The number of pyridine rings is 1. The third-order valence-corrected chi connectivity index (χ3v) is 6.69. The van der Waals surface area contributed by atoms with Crippen LogP contribution in [-0.2, 0) is 19.4 Å². The summed E-state index contributed by atoms with van der Waals surface area (Å²) in [6.07, 6.45) is 3.68. The van der Waals surface area contributed by atoms with E-state index in [0.29, 0.717) is 29.2 Å². The van der Waals surface area contributed by atoms with Crippen molar-refractivity contribution in [2.75, 3.05) is 28.4 Å². The fourth-order valence-electron chi connectivity index (χ4n) is 5.08. The number of hydrogen-bond donors (Lipinski definition) is 0. The highest BCUT2D eigenvalue weighted by atomic mass is 79.9. The number of aryl methyl sites for hydroxylation is 2. The molecular weight excluding hydrogens is 520 g/mol. The first-order valence-electron chi connectivity index (χ1n) is 11.5. The topological polar surface area (TPSA) is 64.6 Å². The van der Waals surface area contributed by atoms with E-state index >= 15 is 0 Å². The first-order valence-corrected chi connectivity index (χ1v) is 11.5. The normalized spacial score (nSPS) is 11.5. The zero-order valence-corrected chi connectivity index (χ0v) is 22.3. The monoisotopic (exact) mass is 546 g/mol. The molecule has 1 aliphatic heterocycles. The second-order valence-corrected chi connectivity index (χ2v) is 8.52. The average Bonchev–Trinajstić information content (AvgIpc) is 2.91. The number of hydrogen-bond acceptors (Lipinski definition) is 5. The Labute approximate surface area is 221 Å². The second-order valence-electron chi connectivity index (χ2n) is 8.52. The number of rotatable bonds is 6. The maximum Gasteiger partial charge on any atom is 0.217 e. The minimum atomic E-state index is 0. The lowest BCUT2D eigenvalue weighted by atomic mass is 9.88. The highest BCUT2D eigenvalue weighted by Crippen LogP contribution is 2.43. The third-order valence-electron chi connectivity index (χ3n) is 6.69. The van der Waals surface area contributed by atoms with E-state index in [4.69, 9.17) is 18.9 Å². The van der Waals surface area contributed by atoms with Crippen molar-refractivity contribution in [3.8, 4) is 40.3 Å². The molecule has 1 aromatic heterocycles. The second kappa shape index (κ2) is 10.5. The van der Waals surface area contributed by atoms with Crippen molar-refractivity contribution in [1.29, 1.82) is 5.26 Å². The van der Waals surface area contributed by atoms with E-state index in [1.165, 1.54) is 5.56 Å². The van der Waals surface area contributed by atoms with Crippen LogP contribution in [-0.4, -0.2) is 28.4 Å². The highest BCUT2D eigenvalue weighted by Gasteiger charge is 2.31. The molecule has 0 aliphatic carbocycles. The molecule has 3 aromatic carbocycles. The molecule has 0 saturated heterocycles. The van der Waals surface area contributed by atoms with Gasteiger partial charge in [-0.05, 0) is 47.5 Å². The van der Waals surface area contributed by atoms with Crippen LogP contribution < -0.4 is 40.5 Å². The summed E-state index contributed by atoms with van der Waals surface area (Å²) in [5.74, 6) is 2.84. The molecule has 0 atom stereocenters. The summed E-state index contributed by atoms with van der Waals surface area (Å²) in [6.45, 7) is 0.819. The Bertz CT molecular complexity index is 1490. The van der Waals surface area contributed by atoms with Gasteiger partial charge in [0.2, 0.25) is 5.69 Å². The maximum atomic E-state index is 9.44. The molecule has 5 rings (SSSR count). The molecule has 0 amide bonds. The molecule has 0 N–H and O–H groups in total. The van der Waals surface area contributed by atoms with Crippen molar-refractivity contribution < 1.29 is 40.5 Å². The Morgan fingerprint density at radius 3 is 2.31 bits per heavy atom. The van der Waals surface area contributed by atoms with Crippen molar-refractivity contribution in [1.82, 2.24) is 0 Å². The summed E-state index contributed by atoms with van der Waals surface area (Å²) in [6, 6.07) is 18.2. The summed E-state index contributed by atoms with van der Waals surface area (Å²) < 4.78 is 24.9. The number of nitrogens with zero attached hydrogens (tertiary/aromatic N) is 2. The fourth-order valence-corrected chi connectivity index (χ4v) is 5.08. The maximum absolute atomic E-state index is 9.44. The predicted octanol–water partition coefficient (Wildman–Crippen LogP) is 1.85. The zero-order chi connectivity index (χ0) is 24.5. The van der Waals surface area contributed by atoms with Crippen LogP contribution in [0.15, 0.2) is 54.7 Å². The van der Waals surface area contributed by atoms with Crippen LogP contribution >= 0.6 is 0 Å². The molecule has 0 fully saturated rings. The fraction of sp³-hybridized carbons (Fsp3) is 0.241. The molecule has 0 radical (unpaired) electrons. The summed E-state index contributed by atoms with van der Waals surface area (Å²) in [7, 11) is 6.65. The molecule has 4 aromatic rings. The molecule has 184 valence electrons. The van der Waals surface area contributed by atoms with Gasteiger partial charge in [0.25, 0.3) is 0 Å². The van der Waals surface area contributed by atoms with E-state index in [-0.39, 0.29) is 17.0 Å². The minimum Gasteiger partial charge on any atom is -1.00 e. The van der Waals surface area contributed by atoms with Crippen molar-refractivity contribution >= 4 is 10.8 Å². The number of halogens is 1. The highest BCUT2D eigenvalue weighted by molar-refractivity contribution is 5.95. The number of ether oxygens (including phenoxy) is 4. The quantitative estimate of drug-likeness (QED) is 0.345. The van der Waals surface area contributed by atoms with Gasteiger partial charge in [-0.3, -0.25) is 0 Å². The van der Waals surface area contributed by atoms with Crippen molar-refractivity contribution in [2.45, 2.75) is 19.4 Å². The van der Waals surface area contributed by atoms with Gasteiger partial charge in [-0.25, -0.2) is 0 Å². The number of benzene rings is 3. The van der Waals surface area contributed by atoms with E-state index in [1.807, 2.05) is 24.3 Å².